The summed E-state index contributed by atoms with van der Waals surface area (Å²) >= 11 is 0. The standard InChI is InChI=1S/C35H46N4O9/c1-7-20(4)29(38-34(47)48-18-25-23-14-10-8-12-21(23)22-13-9-11-15-24(22)25)31(43)39-35(5,6)33(46)37-26(16-19(2)3)30(42)36-27(32(44)45)17-28(40)41/h8-15,19-20,25-27,29H,7,16-18H2,1-6H3,(H,36,42)(H,37,46)(H,38,47)(H,39,43)(H,40,41)(H,44,45)/t20-,26-,27-,29-/m0/s1. The molecule has 6 N–H and O–H groups in total. The Morgan fingerprint density at radius 3 is 1.88 bits per heavy atom. The van der Waals surface area contributed by atoms with Gasteiger partial charge in [0.1, 0.15) is 30.3 Å². The summed E-state index contributed by atoms with van der Waals surface area (Å²) in [6.07, 6.45) is -1.01. The van der Waals surface area contributed by atoms with Crippen molar-refractivity contribution in [2.24, 2.45) is 11.8 Å². The summed E-state index contributed by atoms with van der Waals surface area (Å²) < 4.78 is 5.65. The van der Waals surface area contributed by atoms with E-state index in [2.05, 4.69) is 21.3 Å². The molecule has 0 fully saturated rings. The number of amides is 4. The highest BCUT2D eigenvalue weighted by molar-refractivity contribution is 5.97. The number of hydrogen-bond acceptors (Lipinski definition) is 7. The molecule has 0 aromatic heterocycles. The Hall–Kier alpha value is -4.94. The lowest BCUT2D eigenvalue weighted by atomic mass is 9.95. The number of fused-ring (bicyclic) bond motifs is 3. The molecule has 3 rings (SSSR count). The Morgan fingerprint density at radius 2 is 1.38 bits per heavy atom. The first-order valence-corrected chi connectivity index (χ1v) is 16.0. The topological polar surface area (TPSA) is 200 Å². The molecule has 0 saturated heterocycles. The van der Waals surface area contributed by atoms with Crippen LogP contribution in [0.3, 0.4) is 0 Å². The molecule has 2 aromatic carbocycles. The summed E-state index contributed by atoms with van der Waals surface area (Å²) in [7, 11) is 0. The number of hydrogen-bond donors (Lipinski definition) is 6. The van der Waals surface area contributed by atoms with Crippen molar-refractivity contribution < 1.29 is 43.7 Å². The molecular weight excluding hydrogens is 620 g/mol. The predicted octanol–water partition coefficient (Wildman–Crippen LogP) is 3.41. The number of carboxylic acids is 2. The molecule has 0 heterocycles. The second kappa shape index (κ2) is 16.2. The maximum Gasteiger partial charge on any atom is 0.407 e. The number of carbonyl (C=O) groups excluding carboxylic acids is 4. The van der Waals surface area contributed by atoms with Crippen molar-refractivity contribution in [3.63, 3.8) is 0 Å². The maximum absolute atomic E-state index is 13.5. The minimum Gasteiger partial charge on any atom is -0.481 e. The SMILES string of the molecule is CC[C@H](C)[C@H](NC(=O)OCC1c2ccccc2-c2ccccc21)C(=O)NC(C)(C)C(=O)N[C@@H](CC(C)C)C(=O)N[C@@H](CC(=O)O)C(=O)O. The van der Waals surface area contributed by atoms with Gasteiger partial charge < -0.3 is 36.2 Å². The number of ether oxygens (including phenoxy) is 1. The van der Waals surface area contributed by atoms with Crippen LogP contribution in [0.25, 0.3) is 11.1 Å². The average Bonchev–Trinajstić information content (AvgIpc) is 3.34. The van der Waals surface area contributed by atoms with Crippen LogP contribution in [0, 0.1) is 11.8 Å². The van der Waals surface area contributed by atoms with E-state index in [0.717, 1.165) is 22.3 Å². The predicted molar refractivity (Wildman–Crippen MR) is 177 cm³/mol. The molecule has 48 heavy (non-hydrogen) atoms. The number of benzene rings is 2. The van der Waals surface area contributed by atoms with E-state index in [1.807, 2.05) is 55.5 Å². The van der Waals surface area contributed by atoms with Gasteiger partial charge in [0.2, 0.25) is 17.7 Å². The minimum absolute atomic E-state index is 0.0527. The monoisotopic (exact) mass is 666 g/mol. The number of carboxylic acid groups (broad SMARTS) is 2. The van der Waals surface area contributed by atoms with Crippen LogP contribution in [-0.4, -0.2) is 76.2 Å². The molecule has 0 radical (unpaired) electrons. The van der Waals surface area contributed by atoms with Gasteiger partial charge in [0.25, 0.3) is 0 Å². The largest absolute Gasteiger partial charge is 0.481 e. The smallest absolute Gasteiger partial charge is 0.407 e. The van der Waals surface area contributed by atoms with Crippen molar-refractivity contribution in [3.8, 4) is 11.1 Å². The highest BCUT2D eigenvalue weighted by atomic mass is 16.5. The van der Waals surface area contributed by atoms with Crippen LogP contribution in [0.2, 0.25) is 0 Å². The van der Waals surface area contributed by atoms with Crippen molar-refractivity contribution >= 4 is 35.8 Å². The Balaban J connectivity index is 1.68. The van der Waals surface area contributed by atoms with E-state index in [1.54, 1.807) is 20.8 Å². The Morgan fingerprint density at radius 1 is 0.812 bits per heavy atom. The lowest BCUT2D eigenvalue weighted by molar-refractivity contribution is -0.147. The third-order valence-corrected chi connectivity index (χ3v) is 8.44. The molecular formula is C35H46N4O9. The third-order valence-electron chi connectivity index (χ3n) is 8.44. The molecule has 4 atom stereocenters. The van der Waals surface area contributed by atoms with Crippen molar-refractivity contribution in [3.05, 3.63) is 59.7 Å². The summed E-state index contributed by atoms with van der Waals surface area (Å²) in [4.78, 5) is 75.6. The summed E-state index contributed by atoms with van der Waals surface area (Å²) in [6, 6.07) is 11.9. The zero-order valence-corrected chi connectivity index (χ0v) is 28.2. The zero-order chi connectivity index (χ0) is 35.8. The van der Waals surface area contributed by atoms with Gasteiger partial charge in [-0.3, -0.25) is 19.2 Å². The summed E-state index contributed by atoms with van der Waals surface area (Å²) in [5, 5.41) is 28.4. The van der Waals surface area contributed by atoms with Crippen LogP contribution in [0.4, 0.5) is 4.79 Å². The fourth-order valence-electron chi connectivity index (χ4n) is 5.60. The number of rotatable bonds is 16. The lowest BCUT2D eigenvalue weighted by Gasteiger charge is -2.32. The molecule has 0 aliphatic heterocycles. The molecule has 0 unspecified atom stereocenters. The normalized spacial score (nSPS) is 14.8. The molecule has 13 nitrogen and oxygen atoms in total. The maximum atomic E-state index is 13.5. The van der Waals surface area contributed by atoms with Crippen LogP contribution in [0.1, 0.15) is 77.8 Å². The highest BCUT2D eigenvalue weighted by Gasteiger charge is 2.38. The van der Waals surface area contributed by atoms with E-state index in [-0.39, 0.29) is 30.8 Å². The van der Waals surface area contributed by atoms with Crippen molar-refractivity contribution in [2.45, 2.75) is 90.4 Å². The molecule has 1 aliphatic rings. The molecule has 0 bridgehead atoms. The van der Waals surface area contributed by atoms with Crippen molar-refractivity contribution in [1.29, 1.82) is 0 Å². The second-order valence-corrected chi connectivity index (χ2v) is 13.1. The van der Waals surface area contributed by atoms with Gasteiger partial charge in [0, 0.05) is 5.92 Å². The van der Waals surface area contributed by atoms with E-state index in [1.165, 1.54) is 13.8 Å². The molecule has 2 aromatic rings. The number of alkyl carbamates (subject to hydrolysis) is 1. The van der Waals surface area contributed by atoms with E-state index >= 15 is 0 Å². The molecule has 0 saturated carbocycles. The average molecular weight is 667 g/mol. The van der Waals surface area contributed by atoms with Crippen molar-refractivity contribution in [2.75, 3.05) is 6.61 Å². The van der Waals surface area contributed by atoms with Crippen LogP contribution < -0.4 is 21.3 Å². The molecule has 4 amide bonds. The minimum atomic E-state index is -1.70. The number of nitrogens with one attached hydrogen (secondary N) is 4. The fraction of sp³-hybridized carbons (Fsp3) is 0.486. The van der Waals surface area contributed by atoms with E-state index in [4.69, 9.17) is 9.84 Å². The van der Waals surface area contributed by atoms with Gasteiger partial charge in [-0.15, -0.1) is 0 Å². The van der Waals surface area contributed by atoms with Gasteiger partial charge in [0.15, 0.2) is 0 Å². The quantitative estimate of drug-likeness (QED) is 0.155. The van der Waals surface area contributed by atoms with Gasteiger partial charge in [0.05, 0.1) is 6.42 Å². The van der Waals surface area contributed by atoms with Crippen LogP contribution in [0.15, 0.2) is 48.5 Å². The van der Waals surface area contributed by atoms with E-state index in [0.29, 0.717) is 6.42 Å². The first kappa shape index (κ1) is 37.5. The second-order valence-electron chi connectivity index (χ2n) is 13.1. The molecule has 13 heteroatoms. The first-order chi connectivity index (χ1) is 22.5. The highest BCUT2D eigenvalue weighted by Crippen LogP contribution is 2.44. The van der Waals surface area contributed by atoms with Gasteiger partial charge in [-0.05, 0) is 54.4 Å². The zero-order valence-electron chi connectivity index (χ0n) is 28.2. The lowest BCUT2D eigenvalue weighted by Crippen LogP contribution is -2.63. The third kappa shape index (κ3) is 9.55. The van der Waals surface area contributed by atoms with Crippen LogP contribution in [0.5, 0.6) is 0 Å². The van der Waals surface area contributed by atoms with E-state index in [9.17, 15) is 33.9 Å². The summed E-state index contributed by atoms with van der Waals surface area (Å²) in [5.74, 6) is -5.84. The molecule has 260 valence electrons. The van der Waals surface area contributed by atoms with Gasteiger partial charge in [-0.1, -0.05) is 82.6 Å². The molecule has 0 spiro atoms. The Kier molecular flexibility index (Phi) is 12.7. The van der Waals surface area contributed by atoms with Crippen molar-refractivity contribution in [1.82, 2.24) is 21.3 Å². The Bertz CT molecular complexity index is 1480. The van der Waals surface area contributed by atoms with Gasteiger partial charge in [-0.25, -0.2) is 9.59 Å². The van der Waals surface area contributed by atoms with Gasteiger partial charge >= 0.3 is 18.0 Å². The van der Waals surface area contributed by atoms with Crippen LogP contribution in [-0.2, 0) is 28.7 Å². The molecule has 1 aliphatic carbocycles. The number of carbonyl (C=O) groups is 6. The van der Waals surface area contributed by atoms with Gasteiger partial charge in [-0.2, -0.15) is 0 Å². The first-order valence-electron chi connectivity index (χ1n) is 16.0. The Labute approximate surface area is 280 Å². The fourth-order valence-corrected chi connectivity index (χ4v) is 5.60. The summed E-state index contributed by atoms with van der Waals surface area (Å²) in [6.45, 7) is 10.1. The summed E-state index contributed by atoms with van der Waals surface area (Å²) in [5.41, 5.74) is 2.67. The van der Waals surface area contributed by atoms with E-state index < -0.39 is 65.8 Å². The van der Waals surface area contributed by atoms with Crippen LogP contribution >= 0.6 is 0 Å². The number of aliphatic carboxylic acids is 2.